The van der Waals surface area contributed by atoms with E-state index in [1.54, 1.807) is 91.9 Å². The summed E-state index contributed by atoms with van der Waals surface area (Å²) in [5.74, 6) is -27.3. The fourth-order valence-corrected chi connectivity index (χ4v) is 17.2. The minimum absolute atomic E-state index is 0.00873. The van der Waals surface area contributed by atoms with E-state index in [9.17, 15) is 68.3 Å². The number of benzene rings is 5. The van der Waals surface area contributed by atoms with Crippen LogP contribution in [0, 0.1) is 23.4 Å². The first-order valence-corrected chi connectivity index (χ1v) is 45.3. The van der Waals surface area contributed by atoms with Gasteiger partial charge in [-0.15, -0.1) is 11.8 Å². The van der Waals surface area contributed by atoms with Crippen molar-refractivity contribution in [3.63, 3.8) is 0 Å². The van der Waals surface area contributed by atoms with Crippen LogP contribution in [-0.2, 0) is 114 Å². The van der Waals surface area contributed by atoms with Crippen LogP contribution in [-0.4, -0.2) is 305 Å². The molecule has 4 heterocycles. The molecule has 3 fully saturated rings. The molecule has 0 radical (unpaired) electrons. The second-order valence-electron chi connectivity index (χ2n) is 34.1. The number of primary amides is 1. The molecule has 19 N–H and O–H groups in total. The normalized spacial score (nSPS) is 24.5. The van der Waals surface area contributed by atoms with Crippen LogP contribution in [0.4, 0.5) is 13.2 Å². The van der Waals surface area contributed by atoms with Crippen molar-refractivity contribution in [3.05, 3.63) is 173 Å². The number of rotatable bonds is 25. The molecule has 3 aliphatic heterocycles. The van der Waals surface area contributed by atoms with Crippen LogP contribution in [0.25, 0.3) is 10.9 Å². The predicted octanol–water partition coefficient (Wildman–Crippen LogP) is -0.640. The first-order chi connectivity index (χ1) is 64.1. The van der Waals surface area contributed by atoms with Gasteiger partial charge in [0.15, 0.2) is 17.5 Å². The summed E-state index contributed by atoms with van der Waals surface area (Å²) in [6.45, 7) is 2.58. The van der Waals surface area contributed by atoms with E-state index in [2.05, 4.69) is 52.8 Å². The van der Waals surface area contributed by atoms with Gasteiger partial charge < -0.3 is 114 Å². The average molecular weight is 1900 g/mol. The molecule has 9 rings (SSSR count). The van der Waals surface area contributed by atoms with Gasteiger partial charge in [0.1, 0.15) is 84.3 Å². The molecule has 728 valence electrons. The third-order valence-electron chi connectivity index (χ3n) is 23.7. The second-order valence-corrected chi connectivity index (χ2v) is 35.1. The number of fused-ring (bicyclic) bond motifs is 3. The molecule has 39 nitrogen and oxygen atoms in total. The molecule has 43 heteroatoms. The number of carboxylic acids is 2. The van der Waals surface area contributed by atoms with Gasteiger partial charge in [0, 0.05) is 108 Å². The number of para-hydroxylation sites is 1. The van der Waals surface area contributed by atoms with Crippen molar-refractivity contribution in [2.75, 3.05) is 58.8 Å². The number of amides is 15. The summed E-state index contributed by atoms with van der Waals surface area (Å²) in [6.07, 6.45) is -7.34. The van der Waals surface area contributed by atoms with E-state index in [0.29, 0.717) is 63.5 Å². The number of nitrogens with two attached hydrogens (primary N) is 2. The Hall–Kier alpha value is -13.6. The third kappa shape index (κ3) is 29.2. The summed E-state index contributed by atoms with van der Waals surface area (Å²) in [5.41, 5.74) is 13.1. The van der Waals surface area contributed by atoms with Crippen molar-refractivity contribution >= 4 is 123 Å². The van der Waals surface area contributed by atoms with Crippen molar-refractivity contribution < 1.29 is 120 Å². The number of nitrogens with zero attached hydrogens (tertiary/aromatic N) is 5. The maximum Gasteiger partial charge on any atom is 0.305 e. The number of nitrogens with one attached hydrogen (secondary N) is 10. The number of H-pyrrole nitrogens is 1. The quantitative estimate of drug-likeness (QED) is 0.0317. The highest BCUT2D eigenvalue weighted by Crippen LogP contribution is 2.29. The summed E-state index contributed by atoms with van der Waals surface area (Å²) in [6, 6.07) is 6.49. The van der Waals surface area contributed by atoms with Gasteiger partial charge in [0.05, 0.1) is 30.9 Å². The van der Waals surface area contributed by atoms with Crippen molar-refractivity contribution in [3.8, 4) is 5.75 Å². The molecule has 0 spiro atoms. The summed E-state index contributed by atoms with van der Waals surface area (Å²) < 4.78 is 45.1. The Morgan fingerprint density at radius 1 is 0.511 bits per heavy atom. The van der Waals surface area contributed by atoms with Gasteiger partial charge >= 0.3 is 11.9 Å². The van der Waals surface area contributed by atoms with Gasteiger partial charge in [-0.05, 0) is 96.3 Å². The summed E-state index contributed by atoms with van der Waals surface area (Å²) >= 11 is 0.624. The Labute approximate surface area is 779 Å². The molecule has 5 aromatic carbocycles. The number of likely N-dealkylation sites (N-methyl/N-ethyl adjacent to an activating group) is 3. The number of phenolic OH excluding ortho intramolecular Hbond substituents is 1. The number of hydrogen-bond donors (Lipinski definition) is 17. The Bertz CT molecular complexity index is 5260. The van der Waals surface area contributed by atoms with E-state index in [0.717, 1.165) is 31.5 Å². The van der Waals surface area contributed by atoms with Crippen LogP contribution in [0.15, 0.2) is 128 Å². The summed E-state index contributed by atoms with van der Waals surface area (Å²) in [4.78, 5) is 257. The van der Waals surface area contributed by atoms with E-state index >= 15 is 51.9 Å². The lowest BCUT2D eigenvalue weighted by Crippen LogP contribution is -2.62. The van der Waals surface area contributed by atoms with E-state index in [1.165, 1.54) is 58.4 Å². The third-order valence-corrected chi connectivity index (χ3v) is 24.7. The molecule has 15 amide bonds. The number of unbranched alkanes of at least 4 members (excludes halogenated alkanes) is 1. The molecule has 3 saturated heterocycles. The van der Waals surface area contributed by atoms with Crippen LogP contribution < -0.4 is 59.3 Å². The van der Waals surface area contributed by atoms with Crippen LogP contribution in [0.2, 0.25) is 0 Å². The molecule has 0 saturated carbocycles. The number of aromatic hydroxyl groups is 1. The number of aliphatic hydroxyl groups excluding tert-OH is 2. The number of hydrogen-bond acceptors (Lipinski definition) is 22. The largest absolute Gasteiger partial charge is 0.508 e. The minimum atomic E-state index is -2.08. The predicted molar refractivity (Wildman–Crippen MR) is 483 cm³/mol. The number of aromatic nitrogens is 1. The number of carbonyl (C=O) groups excluding carboxylic acids is 15. The topological polar surface area (TPSA) is 584 Å². The molecule has 3 aliphatic rings. The van der Waals surface area contributed by atoms with Crippen molar-refractivity contribution in [2.24, 2.45) is 17.4 Å². The van der Waals surface area contributed by atoms with Crippen molar-refractivity contribution in [2.45, 2.75) is 208 Å². The molecular formula is C92H116F3N17O22S. The highest BCUT2D eigenvalue weighted by atomic mass is 32.2. The van der Waals surface area contributed by atoms with Gasteiger partial charge in [0.25, 0.3) is 0 Å². The first-order valence-electron chi connectivity index (χ1n) is 44.2. The number of carbonyl (C=O) groups is 17. The monoisotopic (exact) mass is 1900 g/mol. The van der Waals surface area contributed by atoms with E-state index in [-0.39, 0.29) is 57.2 Å². The molecule has 6 aromatic rings. The number of aromatic amines is 1. The van der Waals surface area contributed by atoms with E-state index in [4.69, 9.17) is 11.5 Å². The highest BCUT2D eigenvalue weighted by Gasteiger charge is 2.48. The van der Waals surface area contributed by atoms with E-state index in [1.807, 2.05) is 0 Å². The minimum Gasteiger partial charge on any atom is -0.508 e. The van der Waals surface area contributed by atoms with Crippen molar-refractivity contribution in [1.82, 2.24) is 77.3 Å². The lowest BCUT2D eigenvalue weighted by molar-refractivity contribution is -0.152. The zero-order chi connectivity index (χ0) is 98.8. The number of thioether (sulfide) groups is 1. The number of aliphatic carboxylic acids is 2. The van der Waals surface area contributed by atoms with Crippen molar-refractivity contribution in [1.29, 1.82) is 0 Å². The van der Waals surface area contributed by atoms with Crippen LogP contribution >= 0.6 is 11.8 Å². The fourth-order valence-electron chi connectivity index (χ4n) is 16.4. The van der Waals surface area contributed by atoms with Crippen LogP contribution in [0.3, 0.4) is 0 Å². The molecule has 15 atom stereocenters. The molecule has 0 bridgehead atoms. The zero-order valence-corrected chi connectivity index (χ0v) is 76.1. The highest BCUT2D eigenvalue weighted by molar-refractivity contribution is 8.00. The van der Waals surface area contributed by atoms with Gasteiger partial charge in [-0.2, -0.15) is 0 Å². The molecule has 135 heavy (non-hydrogen) atoms. The molecule has 0 aliphatic carbocycles. The number of carboxylic acid groups (broad SMARTS) is 2. The van der Waals surface area contributed by atoms with Gasteiger partial charge in [0.2, 0.25) is 88.6 Å². The second kappa shape index (κ2) is 49.4. The Morgan fingerprint density at radius 3 is 1.60 bits per heavy atom. The molecule has 1 aromatic heterocycles. The van der Waals surface area contributed by atoms with Gasteiger partial charge in [-0.1, -0.05) is 125 Å². The number of halogens is 3. The summed E-state index contributed by atoms with van der Waals surface area (Å²) in [5, 5.41) is 77.1. The van der Waals surface area contributed by atoms with Crippen LogP contribution in [0.5, 0.6) is 5.75 Å². The molecule has 0 unspecified atom stereocenters. The first kappa shape index (κ1) is 105. The Balaban J connectivity index is 1.14. The Morgan fingerprint density at radius 2 is 1.02 bits per heavy atom. The van der Waals surface area contributed by atoms with Gasteiger partial charge in [-0.3, -0.25) is 81.5 Å². The molecular weight excluding hydrogens is 1780 g/mol. The number of aliphatic hydroxyl groups is 2. The lowest BCUT2D eigenvalue weighted by Gasteiger charge is -2.38. The smallest absolute Gasteiger partial charge is 0.305 e. The van der Waals surface area contributed by atoms with Gasteiger partial charge in [-0.25, -0.2) is 13.2 Å². The summed E-state index contributed by atoms with van der Waals surface area (Å²) in [7, 11) is 3.53. The zero-order valence-electron chi connectivity index (χ0n) is 75.3. The lowest BCUT2D eigenvalue weighted by atomic mass is 9.98. The fraction of sp³-hybridized carbons (Fsp3) is 0.467. The number of phenols is 1. The van der Waals surface area contributed by atoms with E-state index < -0.39 is 296 Å². The average Bonchev–Trinajstić information content (AvgIpc) is 1.64. The van der Waals surface area contributed by atoms with Crippen LogP contribution in [0.1, 0.15) is 113 Å². The standard InChI is InChI=1S/C92H116F3N17O22S/c1-7-8-25-69-91(133)112-46-57(115)41-72(112)87(129)105-66(42-77(120)121)84(126)107-79(49(2)3)92(134)109(5)70(37-50-18-11-9-12-19-50)85(127)102-63(30-31-76(118)119)89(131)111-45-56(114)40-71(111)86(128)104-65(39-54-43-98-61-23-16-15-22-58(54)61)83(125)103-64(35-52-26-28-55(113)29-27-52)82(124)101-62(24-17-32-96)81(123)106-68(80(122)99-44-74(97)116)47-135-48-75(117)100-67(36-53-33-59(93)78(95)60(94)34-53)88(130)110(6)73(90(132)108(69)4)38-51-20-13-10-14-21-51/h9-16,18-23,26-29,33-34,43,49,56-57,62-73,79,98,113-115H,7-8,17,24-25,30-32,35-42,44-48,96H2,1-6H3,(H2,97,116)(H,99,122)(H,100,117)(H,101,124)(H,102,127)(H,103,125)(H,104,128)(H,105,129)(H,106,123)(H,107,126)(H,118,119)(H,120,121)/t56-,57+,62-,63-,64-,65-,66-,67-,68-,69-,70-,71+,72+,73-,79-/m0/s1. The SMILES string of the molecule is CCCC[C@H]1C(=O)N2C[C@H](O)C[C@@H]2C(=O)N[C@@H](CC(=O)O)C(=O)N[C@@H](C(C)C)C(=O)N(C)[C@@H](Cc2ccccc2)C(=O)N[C@@H](CCC(=O)O)C(=O)N2C[C@@H](O)C[C@@H]2C(=O)N[C@@H](Cc2c[nH]c3ccccc23)C(=O)N[C@@H](Cc2ccc(O)cc2)C(=O)N[C@@H](CCCN)C(=O)N[C@H](C(=O)NCC(N)=O)CSCC(=O)N[C@@H](Cc2cc(F)c(F)c(F)c2)C(=O)N(C)[C@@H](Cc2ccccc2)C(=O)N1C. The maximum absolute atomic E-state index is 15.7. The Kier molecular flexibility index (Phi) is 38.5. The maximum atomic E-state index is 15.7.